The molecular weight excluding hydrogens is 504 g/mol. The van der Waals surface area contributed by atoms with Gasteiger partial charge in [-0.2, -0.15) is 0 Å². The second kappa shape index (κ2) is 10.4. The third-order valence-electron chi connectivity index (χ3n) is 5.33. The molecule has 174 valence electrons. The van der Waals surface area contributed by atoms with Crippen LogP contribution in [0, 0.1) is 20.8 Å². The Morgan fingerprint density at radius 2 is 1.55 bits per heavy atom. The van der Waals surface area contributed by atoms with Gasteiger partial charge in [-0.1, -0.05) is 28.1 Å². The Morgan fingerprint density at radius 1 is 0.939 bits per heavy atom. The van der Waals surface area contributed by atoms with Crippen LogP contribution >= 0.6 is 15.9 Å². The molecule has 0 saturated heterocycles. The van der Waals surface area contributed by atoms with Crippen molar-refractivity contribution in [2.75, 3.05) is 11.3 Å². The van der Waals surface area contributed by atoms with Gasteiger partial charge < -0.3 is 10.1 Å². The van der Waals surface area contributed by atoms with Crippen LogP contribution in [0.3, 0.4) is 0 Å². The zero-order valence-corrected chi connectivity index (χ0v) is 21.4. The van der Waals surface area contributed by atoms with Crippen LogP contribution in [0.5, 0.6) is 5.75 Å². The molecule has 0 unspecified atom stereocenters. The van der Waals surface area contributed by atoms with Crippen LogP contribution in [-0.2, 0) is 14.8 Å². The molecular formula is C25H27BrN2O4S. The number of benzene rings is 3. The molecule has 1 amide bonds. The molecule has 0 bridgehead atoms. The molecule has 2 N–H and O–H groups in total. The van der Waals surface area contributed by atoms with E-state index in [0.717, 1.165) is 15.6 Å². The van der Waals surface area contributed by atoms with Crippen molar-refractivity contribution in [3.05, 3.63) is 87.4 Å². The lowest BCUT2D eigenvalue weighted by atomic mass is 9.96. The monoisotopic (exact) mass is 530 g/mol. The first-order valence-corrected chi connectivity index (χ1v) is 12.7. The van der Waals surface area contributed by atoms with Gasteiger partial charge in [0.1, 0.15) is 5.75 Å². The van der Waals surface area contributed by atoms with Gasteiger partial charge in [0.2, 0.25) is 0 Å². The summed E-state index contributed by atoms with van der Waals surface area (Å²) in [5.74, 6) is 0.150. The first-order chi connectivity index (χ1) is 15.5. The van der Waals surface area contributed by atoms with Gasteiger partial charge in [0.05, 0.1) is 10.9 Å². The molecule has 0 saturated carbocycles. The van der Waals surface area contributed by atoms with Gasteiger partial charge in [-0.3, -0.25) is 9.52 Å². The number of carbonyl (C=O) groups excluding carboxylic acids is 1. The highest BCUT2D eigenvalue weighted by molar-refractivity contribution is 9.10. The van der Waals surface area contributed by atoms with Gasteiger partial charge in [-0.15, -0.1) is 0 Å². The Morgan fingerprint density at radius 3 is 2.18 bits per heavy atom. The zero-order valence-electron chi connectivity index (χ0n) is 19.0. The highest BCUT2D eigenvalue weighted by Crippen LogP contribution is 2.23. The van der Waals surface area contributed by atoms with Gasteiger partial charge >= 0.3 is 0 Å². The second-order valence-electron chi connectivity index (χ2n) is 7.95. The minimum Gasteiger partial charge on any atom is -0.484 e. The number of hydrogen-bond donors (Lipinski definition) is 2. The van der Waals surface area contributed by atoms with E-state index in [2.05, 4.69) is 45.0 Å². The summed E-state index contributed by atoms with van der Waals surface area (Å²) in [5, 5.41) is 2.95. The smallest absolute Gasteiger partial charge is 0.261 e. The van der Waals surface area contributed by atoms with Crippen molar-refractivity contribution in [3.8, 4) is 5.75 Å². The van der Waals surface area contributed by atoms with Gasteiger partial charge in [0, 0.05) is 10.2 Å². The van der Waals surface area contributed by atoms with E-state index >= 15 is 0 Å². The third kappa shape index (κ3) is 6.58. The molecule has 0 radical (unpaired) electrons. The fraction of sp³-hybridized carbons (Fsp3) is 0.240. The molecule has 0 aliphatic heterocycles. The number of amides is 1. The van der Waals surface area contributed by atoms with Crippen molar-refractivity contribution >= 4 is 37.5 Å². The van der Waals surface area contributed by atoms with Gasteiger partial charge in [0.15, 0.2) is 6.61 Å². The second-order valence-corrected chi connectivity index (χ2v) is 10.6. The van der Waals surface area contributed by atoms with Crippen molar-refractivity contribution in [1.29, 1.82) is 0 Å². The standard InChI is InChI=1S/C25H27BrN2O4S/c1-16-13-18(3)24(14-17(16)2)19(4)27-25(29)15-32-22-9-11-23(12-10-22)33(30,31)28-21-7-5-20(26)6-8-21/h5-14,19,28H,15H2,1-4H3,(H,27,29)/t19-/m0/s1. The van der Waals surface area contributed by atoms with E-state index in [1.807, 2.05) is 20.8 Å². The topological polar surface area (TPSA) is 84.5 Å². The minimum atomic E-state index is -3.73. The Hall–Kier alpha value is -2.84. The number of rotatable bonds is 8. The molecule has 0 aliphatic carbocycles. The SMILES string of the molecule is Cc1cc(C)c([C@H](C)NC(=O)COc2ccc(S(=O)(=O)Nc3ccc(Br)cc3)cc2)cc1C. The number of nitrogens with one attached hydrogen (secondary N) is 2. The molecule has 0 fully saturated rings. The largest absolute Gasteiger partial charge is 0.484 e. The Labute approximate surface area is 203 Å². The quantitative estimate of drug-likeness (QED) is 0.406. The average molecular weight is 531 g/mol. The van der Waals surface area contributed by atoms with E-state index in [9.17, 15) is 13.2 Å². The maximum Gasteiger partial charge on any atom is 0.261 e. The number of carbonyl (C=O) groups is 1. The van der Waals surface area contributed by atoms with E-state index in [1.165, 1.54) is 35.4 Å². The van der Waals surface area contributed by atoms with E-state index in [-0.39, 0.29) is 23.5 Å². The van der Waals surface area contributed by atoms with Crippen LogP contribution in [0.4, 0.5) is 5.69 Å². The van der Waals surface area contributed by atoms with Crippen molar-refractivity contribution in [2.45, 2.75) is 38.6 Å². The summed E-state index contributed by atoms with van der Waals surface area (Å²) in [4.78, 5) is 12.5. The number of ether oxygens (including phenoxy) is 1. The summed E-state index contributed by atoms with van der Waals surface area (Å²) in [5.41, 5.74) is 5.05. The molecule has 0 spiro atoms. The first kappa shape index (κ1) is 24.8. The highest BCUT2D eigenvalue weighted by Gasteiger charge is 2.16. The molecule has 3 aromatic rings. The summed E-state index contributed by atoms with van der Waals surface area (Å²) in [6.07, 6.45) is 0. The molecule has 3 aromatic carbocycles. The molecule has 33 heavy (non-hydrogen) atoms. The predicted molar refractivity (Wildman–Crippen MR) is 134 cm³/mol. The van der Waals surface area contributed by atoms with E-state index in [0.29, 0.717) is 11.4 Å². The van der Waals surface area contributed by atoms with Gasteiger partial charge in [-0.25, -0.2) is 8.42 Å². The van der Waals surface area contributed by atoms with Crippen LogP contribution in [0.15, 0.2) is 70.0 Å². The fourth-order valence-corrected chi connectivity index (χ4v) is 4.73. The van der Waals surface area contributed by atoms with Crippen LogP contribution < -0.4 is 14.8 Å². The lowest BCUT2D eigenvalue weighted by Crippen LogP contribution is -2.31. The minimum absolute atomic E-state index is 0.0982. The van der Waals surface area contributed by atoms with Crippen molar-refractivity contribution in [3.63, 3.8) is 0 Å². The summed E-state index contributed by atoms with van der Waals surface area (Å²) >= 11 is 3.32. The van der Waals surface area contributed by atoms with Gasteiger partial charge in [-0.05, 0) is 98.5 Å². The Balaban J connectivity index is 1.57. The number of halogens is 1. The van der Waals surface area contributed by atoms with Crippen molar-refractivity contribution in [2.24, 2.45) is 0 Å². The van der Waals surface area contributed by atoms with Crippen LogP contribution in [0.1, 0.15) is 35.2 Å². The maximum atomic E-state index is 12.6. The summed E-state index contributed by atoms with van der Waals surface area (Å²) in [6.45, 7) is 7.91. The van der Waals surface area contributed by atoms with E-state index in [1.54, 1.807) is 24.3 Å². The maximum absolute atomic E-state index is 12.6. The van der Waals surface area contributed by atoms with Crippen molar-refractivity contribution in [1.82, 2.24) is 5.32 Å². The first-order valence-electron chi connectivity index (χ1n) is 10.4. The van der Waals surface area contributed by atoms with Gasteiger partial charge in [0.25, 0.3) is 15.9 Å². The number of aryl methyl sites for hydroxylation is 3. The fourth-order valence-electron chi connectivity index (χ4n) is 3.41. The summed E-state index contributed by atoms with van der Waals surface area (Å²) in [7, 11) is -3.73. The molecule has 1 atom stereocenters. The molecule has 0 aromatic heterocycles. The lowest BCUT2D eigenvalue weighted by molar-refractivity contribution is -0.123. The van der Waals surface area contributed by atoms with Crippen molar-refractivity contribution < 1.29 is 17.9 Å². The molecule has 6 nitrogen and oxygen atoms in total. The van der Waals surface area contributed by atoms with E-state index < -0.39 is 10.0 Å². The summed E-state index contributed by atoms with van der Waals surface area (Å²) in [6, 6.07) is 16.8. The Kier molecular flexibility index (Phi) is 7.81. The highest BCUT2D eigenvalue weighted by atomic mass is 79.9. The van der Waals surface area contributed by atoms with Crippen LogP contribution in [0.2, 0.25) is 0 Å². The number of anilines is 1. The average Bonchev–Trinajstić information content (AvgIpc) is 2.76. The zero-order chi connectivity index (χ0) is 24.2. The third-order valence-corrected chi connectivity index (χ3v) is 7.25. The van der Waals surface area contributed by atoms with E-state index in [4.69, 9.17) is 4.74 Å². The normalized spacial score (nSPS) is 12.2. The molecule has 0 heterocycles. The molecule has 3 rings (SSSR count). The number of hydrogen-bond acceptors (Lipinski definition) is 4. The lowest BCUT2D eigenvalue weighted by Gasteiger charge is -2.18. The molecule has 8 heteroatoms. The summed E-state index contributed by atoms with van der Waals surface area (Å²) < 4.78 is 34.1. The number of sulfonamides is 1. The Bertz CT molecular complexity index is 1240. The predicted octanol–water partition coefficient (Wildman–Crippen LogP) is 5.43. The van der Waals surface area contributed by atoms with Crippen LogP contribution in [-0.4, -0.2) is 20.9 Å². The molecule has 0 aliphatic rings. The van der Waals surface area contributed by atoms with Crippen LogP contribution in [0.25, 0.3) is 0 Å².